The van der Waals surface area contributed by atoms with Crippen LogP contribution in [-0.2, 0) is 19.5 Å². The fourth-order valence-electron chi connectivity index (χ4n) is 3.91. The lowest BCUT2D eigenvalue weighted by atomic mass is 10.1. The summed E-state index contributed by atoms with van der Waals surface area (Å²) in [6, 6.07) is 11.8. The molecule has 0 saturated carbocycles. The van der Waals surface area contributed by atoms with Gasteiger partial charge in [-0.25, -0.2) is 13.8 Å². The summed E-state index contributed by atoms with van der Waals surface area (Å²) >= 11 is 1.30. The molecule has 0 aliphatic carbocycles. The lowest BCUT2D eigenvalue weighted by Crippen LogP contribution is -2.33. The number of thiazole rings is 1. The van der Waals surface area contributed by atoms with Gasteiger partial charge in [0.25, 0.3) is 18.2 Å². The molecule has 0 radical (unpaired) electrons. The summed E-state index contributed by atoms with van der Waals surface area (Å²) in [5, 5.41) is 6.08. The van der Waals surface area contributed by atoms with Crippen molar-refractivity contribution in [1.29, 1.82) is 0 Å². The molecule has 0 spiro atoms. The van der Waals surface area contributed by atoms with E-state index in [0.717, 1.165) is 16.1 Å². The summed E-state index contributed by atoms with van der Waals surface area (Å²) in [4.78, 5) is 32.4. The highest BCUT2D eigenvalue weighted by Gasteiger charge is 2.23. The normalized spacial score (nSPS) is 13.2. The summed E-state index contributed by atoms with van der Waals surface area (Å²) in [6.45, 7) is 0.877. The first-order valence-corrected chi connectivity index (χ1v) is 12.1. The largest absolute Gasteiger partial charge is 0.493 e. The van der Waals surface area contributed by atoms with E-state index in [1.54, 1.807) is 41.3 Å². The third-order valence-corrected chi connectivity index (χ3v) is 6.71. The van der Waals surface area contributed by atoms with Crippen LogP contribution in [0.1, 0.15) is 36.9 Å². The number of amides is 2. The van der Waals surface area contributed by atoms with Crippen LogP contribution in [0.4, 0.5) is 13.9 Å². The summed E-state index contributed by atoms with van der Waals surface area (Å²) in [6.07, 6.45) is -1.81. The molecule has 1 aromatic heterocycles. The van der Waals surface area contributed by atoms with Gasteiger partial charge >= 0.3 is 0 Å². The number of methoxy groups -OCH3 is 2. The predicted molar refractivity (Wildman–Crippen MR) is 132 cm³/mol. The van der Waals surface area contributed by atoms with E-state index < -0.39 is 6.43 Å². The minimum absolute atomic E-state index is 0.222. The van der Waals surface area contributed by atoms with Crippen LogP contribution in [0, 0.1) is 0 Å². The maximum absolute atomic E-state index is 12.8. The molecular weight excluding hydrogens is 490 g/mol. The molecule has 0 atom stereocenters. The Balaban J connectivity index is 1.36. The van der Waals surface area contributed by atoms with Gasteiger partial charge in [-0.15, -0.1) is 11.3 Å². The van der Waals surface area contributed by atoms with Gasteiger partial charge in [-0.1, -0.05) is 12.1 Å². The average Bonchev–Trinajstić information content (AvgIpc) is 3.28. The molecule has 0 saturated heterocycles. The van der Waals surface area contributed by atoms with E-state index in [2.05, 4.69) is 15.6 Å². The predicted octanol–water partition coefficient (Wildman–Crippen LogP) is 3.97. The number of aromatic nitrogens is 1. The molecule has 36 heavy (non-hydrogen) atoms. The highest BCUT2D eigenvalue weighted by atomic mass is 32.1. The molecule has 1 aliphatic rings. The Labute approximate surface area is 211 Å². The number of halogens is 2. The lowest BCUT2D eigenvalue weighted by molar-refractivity contribution is 0.0824. The van der Waals surface area contributed by atoms with E-state index >= 15 is 0 Å². The van der Waals surface area contributed by atoms with Crippen molar-refractivity contribution >= 4 is 28.3 Å². The van der Waals surface area contributed by atoms with E-state index in [4.69, 9.17) is 9.47 Å². The summed E-state index contributed by atoms with van der Waals surface area (Å²) in [5.74, 6) is 0.354. The fourth-order valence-corrected chi connectivity index (χ4v) is 4.95. The third kappa shape index (κ3) is 6.16. The molecule has 3 aromatic rings. The summed E-state index contributed by atoms with van der Waals surface area (Å²) in [5.41, 5.74) is 2.42. The maximum Gasteiger partial charge on any atom is 0.257 e. The van der Waals surface area contributed by atoms with Crippen molar-refractivity contribution < 1.29 is 27.8 Å². The Morgan fingerprint density at radius 3 is 2.61 bits per heavy atom. The molecule has 2 heterocycles. The van der Waals surface area contributed by atoms with Crippen LogP contribution in [0.15, 0.2) is 42.5 Å². The smallest absolute Gasteiger partial charge is 0.257 e. The number of nitrogens with one attached hydrogen (secondary N) is 2. The molecular formula is C25H26F2N4O4S. The number of fused-ring (bicyclic) bond motifs is 1. The van der Waals surface area contributed by atoms with Crippen molar-refractivity contribution in [2.75, 3.05) is 32.6 Å². The van der Waals surface area contributed by atoms with Crippen molar-refractivity contribution in [1.82, 2.24) is 15.2 Å². The van der Waals surface area contributed by atoms with E-state index in [1.165, 1.54) is 25.6 Å². The number of carbonyl (C=O) groups is 2. The number of anilines is 1. The first kappa shape index (κ1) is 25.5. The van der Waals surface area contributed by atoms with Crippen molar-refractivity contribution in [2.45, 2.75) is 25.9 Å². The lowest BCUT2D eigenvalue weighted by Gasteiger charge is -2.25. The molecule has 11 heteroatoms. The second-order valence-electron chi connectivity index (χ2n) is 8.17. The van der Waals surface area contributed by atoms with Crippen LogP contribution < -0.4 is 20.1 Å². The van der Waals surface area contributed by atoms with Crippen LogP contribution in [0.25, 0.3) is 0 Å². The van der Waals surface area contributed by atoms with Gasteiger partial charge in [0.05, 0.1) is 26.5 Å². The summed E-state index contributed by atoms with van der Waals surface area (Å²) < 4.78 is 35.8. The molecule has 8 nitrogen and oxygen atoms in total. The van der Waals surface area contributed by atoms with Crippen LogP contribution in [0.5, 0.6) is 11.5 Å². The van der Waals surface area contributed by atoms with Crippen LogP contribution in [-0.4, -0.2) is 55.4 Å². The van der Waals surface area contributed by atoms with Crippen molar-refractivity contribution in [3.05, 3.63) is 69.7 Å². The number of hydrogen-bond acceptors (Lipinski definition) is 7. The van der Waals surface area contributed by atoms with Gasteiger partial charge in [-0.3, -0.25) is 19.8 Å². The number of hydrogen-bond donors (Lipinski definition) is 2. The summed E-state index contributed by atoms with van der Waals surface area (Å²) in [7, 11) is 3.02. The van der Waals surface area contributed by atoms with Crippen LogP contribution in [0.2, 0.25) is 0 Å². The standard InChI is InChI=1S/C25H26F2N4O4S/c1-34-19-7-6-17(11-20(19)35-2)23(32)28-12-15-4-3-5-16(10-15)24(33)30-25-29-18-8-9-31(14-22(26)27)13-21(18)36-25/h3-7,10-11,22H,8-9,12-14H2,1-2H3,(H,28,32)(H,29,30,33). The molecule has 2 N–H and O–H groups in total. The van der Waals surface area contributed by atoms with E-state index in [1.807, 2.05) is 6.07 Å². The van der Waals surface area contributed by atoms with Crippen molar-refractivity contribution in [2.24, 2.45) is 0 Å². The Hall–Kier alpha value is -3.57. The molecule has 2 amide bonds. The molecule has 1 aliphatic heterocycles. The minimum Gasteiger partial charge on any atom is -0.493 e. The molecule has 0 bridgehead atoms. The quantitative estimate of drug-likeness (QED) is 0.447. The van der Waals surface area contributed by atoms with Crippen molar-refractivity contribution in [3.63, 3.8) is 0 Å². The molecule has 0 fully saturated rings. The Morgan fingerprint density at radius 1 is 1.08 bits per heavy atom. The van der Waals surface area contributed by atoms with Gasteiger partial charge in [0.2, 0.25) is 0 Å². The number of nitrogens with zero attached hydrogens (tertiary/aromatic N) is 2. The van der Waals surface area contributed by atoms with Gasteiger partial charge < -0.3 is 14.8 Å². The molecule has 2 aromatic carbocycles. The van der Waals surface area contributed by atoms with Gasteiger partial charge in [-0.05, 0) is 35.9 Å². The van der Waals surface area contributed by atoms with Gasteiger partial charge in [-0.2, -0.15) is 0 Å². The van der Waals surface area contributed by atoms with Crippen LogP contribution >= 0.6 is 11.3 Å². The van der Waals surface area contributed by atoms with E-state index in [9.17, 15) is 18.4 Å². The first-order chi connectivity index (χ1) is 17.4. The second kappa shape index (κ2) is 11.4. The second-order valence-corrected chi connectivity index (χ2v) is 9.26. The van der Waals surface area contributed by atoms with Gasteiger partial charge in [0.1, 0.15) is 0 Å². The zero-order valence-electron chi connectivity index (χ0n) is 19.8. The highest BCUT2D eigenvalue weighted by molar-refractivity contribution is 7.15. The maximum atomic E-state index is 12.8. The van der Waals surface area contributed by atoms with Gasteiger partial charge in [0.15, 0.2) is 16.6 Å². The number of alkyl halides is 2. The molecule has 4 rings (SSSR count). The number of carbonyl (C=O) groups excluding carboxylic acids is 2. The SMILES string of the molecule is COc1ccc(C(=O)NCc2cccc(C(=O)Nc3nc4c(s3)CN(CC(F)F)CC4)c2)cc1OC. The topological polar surface area (TPSA) is 92.8 Å². The average molecular weight is 517 g/mol. The van der Waals surface area contributed by atoms with E-state index in [0.29, 0.717) is 47.3 Å². The Bertz CT molecular complexity index is 1250. The zero-order valence-corrected chi connectivity index (χ0v) is 20.7. The minimum atomic E-state index is -2.38. The van der Waals surface area contributed by atoms with Gasteiger partial charge in [0, 0.05) is 42.1 Å². The monoisotopic (exact) mass is 516 g/mol. The zero-order chi connectivity index (χ0) is 25.7. The molecule has 190 valence electrons. The Morgan fingerprint density at radius 2 is 1.86 bits per heavy atom. The number of benzene rings is 2. The third-order valence-electron chi connectivity index (χ3n) is 5.71. The van der Waals surface area contributed by atoms with Crippen LogP contribution in [0.3, 0.4) is 0 Å². The molecule has 0 unspecified atom stereocenters. The number of rotatable bonds is 9. The fraction of sp³-hybridized carbons (Fsp3) is 0.320. The Kier molecular flexibility index (Phi) is 8.11. The van der Waals surface area contributed by atoms with E-state index in [-0.39, 0.29) is 24.9 Å². The first-order valence-electron chi connectivity index (χ1n) is 11.3. The number of ether oxygens (including phenoxy) is 2. The van der Waals surface area contributed by atoms with Crippen molar-refractivity contribution in [3.8, 4) is 11.5 Å². The highest BCUT2D eigenvalue weighted by Crippen LogP contribution is 2.29.